The predicted octanol–water partition coefficient (Wildman–Crippen LogP) is 3.42. The van der Waals surface area contributed by atoms with E-state index in [4.69, 9.17) is 11.6 Å². The van der Waals surface area contributed by atoms with Crippen LogP contribution < -0.4 is 4.72 Å². The molecule has 1 aromatic heterocycles. The number of aliphatic hydroxyl groups is 1. The standard InChI is InChI=1S/C14H22ClNO3S2/c1-5-9(3)13(14(17)10(4)6-2)16-21(18,19)12-8-7-11(15)20-12/h6-9,13-14,16-17H,5H2,1-4H3/t9-,13-,14?/m0/s1. The van der Waals surface area contributed by atoms with Crippen molar-refractivity contribution in [1.29, 1.82) is 0 Å². The zero-order valence-electron chi connectivity index (χ0n) is 12.6. The van der Waals surface area contributed by atoms with Gasteiger partial charge in [-0.2, -0.15) is 0 Å². The van der Waals surface area contributed by atoms with E-state index < -0.39 is 22.2 Å². The quantitative estimate of drug-likeness (QED) is 0.739. The number of halogens is 1. The minimum absolute atomic E-state index is 0.000101. The van der Waals surface area contributed by atoms with Crippen molar-refractivity contribution in [2.75, 3.05) is 0 Å². The molecule has 0 aliphatic rings. The van der Waals surface area contributed by atoms with Crippen LogP contribution in [0.1, 0.15) is 34.1 Å². The molecule has 0 bridgehead atoms. The first-order chi connectivity index (χ1) is 9.72. The fraction of sp³-hybridized carbons (Fsp3) is 0.571. The molecule has 21 heavy (non-hydrogen) atoms. The molecule has 0 aliphatic carbocycles. The molecular weight excluding hydrogens is 330 g/mol. The van der Waals surface area contributed by atoms with Crippen LogP contribution in [-0.4, -0.2) is 25.7 Å². The highest BCUT2D eigenvalue weighted by Gasteiger charge is 2.30. The second-order valence-corrected chi connectivity index (χ2v) is 8.72. The Morgan fingerprint density at radius 1 is 1.52 bits per heavy atom. The molecule has 0 aromatic carbocycles. The van der Waals surface area contributed by atoms with Gasteiger partial charge in [0.15, 0.2) is 0 Å². The van der Waals surface area contributed by atoms with Gasteiger partial charge in [-0.05, 0) is 37.5 Å². The number of sulfonamides is 1. The van der Waals surface area contributed by atoms with E-state index in [1.807, 2.05) is 20.8 Å². The Morgan fingerprint density at radius 3 is 2.57 bits per heavy atom. The first kappa shape index (κ1) is 18.6. The molecule has 1 aromatic rings. The molecule has 120 valence electrons. The largest absolute Gasteiger partial charge is 0.387 e. The zero-order chi connectivity index (χ0) is 16.2. The Morgan fingerprint density at radius 2 is 2.14 bits per heavy atom. The Balaban J connectivity index is 3.06. The highest BCUT2D eigenvalue weighted by Crippen LogP contribution is 2.27. The summed E-state index contributed by atoms with van der Waals surface area (Å²) < 4.78 is 28.0. The van der Waals surface area contributed by atoms with Crippen LogP contribution >= 0.6 is 22.9 Å². The van der Waals surface area contributed by atoms with Gasteiger partial charge in [0.2, 0.25) is 10.0 Å². The molecule has 2 N–H and O–H groups in total. The summed E-state index contributed by atoms with van der Waals surface area (Å²) >= 11 is 6.80. The molecule has 1 heterocycles. The molecule has 3 atom stereocenters. The monoisotopic (exact) mass is 351 g/mol. The van der Waals surface area contributed by atoms with Crippen molar-refractivity contribution in [2.24, 2.45) is 5.92 Å². The second kappa shape index (κ2) is 7.74. The van der Waals surface area contributed by atoms with E-state index in [9.17, 15) is 13.5 Å². The number of allylic oxidation sites excluding steroid dienone is 1. The van der Waals surface area contributed by atoms with Crippen molar-refractivity contribution < 1.29 is 13.5 Å². The topological polar surface area (TPSA) is 66.4 Å². The molecule has 0 spiro atoms. The zero-order valence-corrected chi connectivity index (χ0v) is 15.0. The van der Waals surface area contributed by atoms with E-state index in [2.05, 4.69) is 4.72 Å². The van der Waals surface area contributed by atoms with Crippen LogP contribution in [0.5, 0.6) is 0 Å². The van der Waals surface area contributed by atoms with Gasteiger partial charge in [-0.1, -0.05) is 37.9 Å². The molecule has 4 nitrogen and oxygen atoms in total. The average Bonchev–Trinajstić information content (AvgIpc) is 2.89. The molecule has 0 radical (unpaired) electrons. The van der Waals surface area contributed by atoms with Crippen molar-refractivity contribution >= 4 is 33.0 Å². The predicted molar refractivity (Wildman–Crippen MR) is 88.3 cm³/mol. The molecule has 1 unspecified atom stereocenters. The summed E-state index contributed by atoms with van der Waals surface area (Å²) in [6.07, 6.45) is 1.69. The van der Waals surface area contributed by atoms with Gasteiger partial charge in [0.05, 0.1) is 16.5 Å². The maximum Gasteiger partial charge on any atom is 0.250 e. The number of rotatable bonds is 7. The van der Waals surface area contributed by atoms with Crippen LogP contribution in [0.4, 0.5) is 0 Å². The Bertz CT molecular complexity index is 595. The third-order valence-corrected chi connectivity index (χ3v) is 6.81. The molecule has 7 heteroatoms. The lowest BCUT2D eigenvalue weighted by molar-refractivity contribution is 0.142. The summed E-state index contributed by atoms with van der Waals surface area (Å²) in [5.74, 6) is 0.000101. The molecule has 0 fully saturated rings. The van der Waals surface area contributed by atoms with E-state index in [0.29, 0.717) is 4.34 Å². The number of nitrogens with one attached hydrogen (secondary N) is 1. The van der Waals surface area contributed by atoms with Gasteiger partial charge < -0.3 is 5.11 Å². The van der Waals surface area contributed by atoms with E-state index >= 15 is 0 Å². The third kappa shape index (κ3) is 4.79. The lowest BCUT2D eigenvalue weighted by Gasteiger charge is -2.29. The van der Waals surface area contributed by atoms with Crippen LogP contribution in [0, 0.1) is 5.92 Å². The molecule has 0 amide bonds. The summed E-state index contributed by atoms with van der Waals surface area (Å²) in [7, 11) is -3.68. The summed E-state index contributed by atoms with van der Waals surface area (Å²) in [5.41, 5.74) is 0.743. The molecule has 0 saturated heterocycles. The summed E-state index contributed by atoms with van der Waals surface area (Å²) in [6, 6.07) is 2.45. The van der Waals surface area contributed by atoms with Crippen molar-refractivity contribution in [3.63, 3.8) is 0 Å². The van der Waals surface area contributed by atoms with Gasteiger partial charge in [-0.3, -0.25) is 0 Å². The van der Waals surface area contributed by atoms with Gasteiger partial charge in [0.25, 0.3) is 0 Å². The molecule has 1 rings (SSSR count). The smallest absolute Gasteiger partial charge is 0.250 e. The van der Waals surface area contributed by atoms with Crippen LogP contribution in [-0.2, 0) is 10.0 Å². The Kier molecular flexibility index (Phi) is 6.87. The Labute approximate surface area is 135 Å². The number of hydrogen-bond donors (Lipinski definition) is 2. The van der Waals surface area contributed by atoms with E-state index in [0.717, 1.165) is 23.3 Å². The summed E-state index contributed by atoms with van der Waals surface area (Å²) in [5, 5.41) is 10.4. The summed E-state index contributed by atoms with van der Waals surface area (Å²) in [4.78, 5) is 0. The highest BCUT2D eigenvalue weighted by molar-refractivity contribution is 7.91. The summed E-state index contributed by atoms with van der Waals surface area (Å²) in [6.45, 7) is 7.49. The SMILES string of the molecule is CC=C(C)C(O)[C@@H](NS(=O)(=O)c1ccc(Cl)s1)[C@@H](C)CC. The van der Waals surface area contributed by atoms with E-state index in [-0.39, 0.29) is 10.1 Å². The fourth-order valence-electron chi connectivity index (χ4n) is 1.88. The van der Waals surface area contributed by atoms with E-state index in [1.165, 1.54) is 6.07 Å². The minimum Gasteiger partial charge on any atom is -0.387 e. The van der Waals surface area contributed by atoms with Gasteiger partial charge in [-0.25, -0.2) is 13.1 Å². The normalized spacial score (nSPS) is 17.5. The van der Waals surface area contributed by atoms with Crippen LogP contribution in [0.2, 0.25) is 4.34 Å². The maximum atomic E-state index is 12.4. The lowest BCUT2D eigenvalue weighted by Crippen LogP contribution is -2.47. The van der Waals surface area contributed by atoms with Gasteiger partial charge in [0.1, 0.15) is 4.21 Å². The van der Waals surface area contributed by atoms with Gasteiger partial charge in [-0.15, -0.1) is 11.3 Å². The van der Waals surface area contributed by atoms with Crippen molar-refractivity contribution in [2.45, 2.75) is 50.5 Å². The van der Waals surface area contributed by atoms with Crippen molar-refractivity contribution in [1.82, 2.24) is 4.72 Å². The van der Waals surface area contributed by atoms with Crippen LogP contribution in [0.15, 0.2) is 28.0 Å². The molecule has 0 aliphatic heterocycles. The third-order valence-electron chi connectivity index (χ3n) is 3.62. The molecule has 0 saturated carbocycles. The maximum absolute atomic E-state index is 12.4. The van der Waals surface area contributed by atoms with E-state index in [1.54, 1.807) is 19.1 Å². The van der Waals surface area contributed by atoms with Crippen LogP contribution in [0.25, 0.3) is 0 Å². The van der Waals surface area contributed by atoms with Crippen molar-refractivity contribution in [3.05, 3.63) is 28.1 Å². The average molecular weight is 352 g/mol. The first-order valence-electron chi connectivity index (χ1n) is 6.81. The van der Waals surface area contributed by atoms with Crippen molar-refractivity contribution in [3.8, 4) is 0 Å². The van der Waals surface area contributed by atoms with Gasteiger partial charge >= 0.3 is 0 Å². The molecular formula is C14H22ClNO3S2. The van der Waals surface area contributed by atoms with Crippen LogP contribution in [0.3, 0.4) is 0 Å². The first-order valence-corrected chi connectivity index (χ1v) is 9.49. The highest BCUT2D eigenvalue weighted by atomic mass is 35.5. The Hall–Kier alpha value is -0.400. The lowest BCUT2D eigenvalue weighted by atomic mass is 9.91. The fourth-order valence-corrected chi connectivity index (χ4v) is 4.73. The minimum atomic E-state index is -3.68. The number of aliphatic hydroxyl groups excluding tert-OH is 1. The number of hydrogen-bond acceptors (Lipinski definition) is 4. The van der Waals surface area contributed by atoms with Gasteiger partial charge in [0, 0.05) is 0 Å². The second-order valence-electron chi connectivity index (χ2n) is 5.07. The number of thiophene rings is 1.